The predicted molar refractivity (Wildman–Crippen MR) is 69.4 cm³/mol. The van der Waals surface area contributed by atoms with E-state index >= 15 is 0 Å². The van der Waals surface area contributed by atoms with Crippen LogP contribution in [0.1, 0.15) is 16.8 Å². The van der Waals surface area contributed by atoms with Gasteiger partial charge in [0.05, 0.1) is 0 Å². The summed E-state index contributed by atoms with van der Waals surface area (Å²) in [6, 6.07) is 9.23. The van der Waals surface area contributed by atoms with Crippen LogP contribution in [-0.2, 0) is 9.47 Å². The third kappa shape index (κ3) is 2.42. The molecular formula is C15H16O3. The number of carbonyl (C=O) groups excluding carboxylic acids is 1. The van der Waals surface area contributed by atoms with Crippen molar-refractivity contribution in [3.8, 4) is 0 Å². The lowest BCUT2D eigenvalue weighted by molar-refractivity contribution is -0.167. The van der Waals surface area contributed by atoms with Crippen molar-refractivity contribution in [1.82, 2.24) is 0 Å². The molecule has 1 aromatic rings. The van der Waals surface area contributed by atoms with Crippen molar-refractivity contribution in [2.24, 2.45) is 0 Å². The van der Waals surface area contributed by atoms with Crippen LogP contribution in [0.15, 0.2) is 54.1 Å². The molecule has 3 nitrogen and oxygen atoms in total. The van der Waals surface area contributed by atoms with Crippen LogP contribution in [-0.4, -0.2) is 25.8 Å². The highest BCUT2D eigenvalue weighted by Crippen LogP contribution is 2.26. The van der Waals surface area contributed by atoms with Gasteiger partial charge in [-0.15, -0.1) is 0 Å². The summed E-state index contributed by atoms with van der Waals surface area (Å²) in [6.45, 7) is 0. The lowest BCUT2D eigenvalue weighted by Gasteiger charge is -2.28. The maximum absolute atomic E-state index is 12.2. The van der Waals surface area contributed by atoms with Crippen molar-refractivity contribution in [1.29, 1.82) is 0 Å². The first-order valence-electron chi connectivity index (χ1n) is 5.80. The van der Waals surface area contributed by atoms with E-state index in [0.29, 0.717) is 17.6 Å². The van der Waals surface area contributed by atoms with Crippen LogP contribution in [0.4, 0.5) is 0 Å². The van der Waals surface area contributed by atoms with Crippen LogP contribution >= 0.6 is 0 Å². The fourth-order valence-electron chi connectivity index (χ4n) is 1.92. The highest BCUT2D eigenvalue weighted by molar-refractivity contribution is 6.10. The molecule has 0 N–H and O–H groups in total. The standard InChI is InChI=1S/C15H16O3/c1-17-15(18-2)10-8-13(9-11-15)14(16)12-6-4-3-5-7-12/h3-10H,11H2,1-2H3. The number of Topliss-reactive ketones (excluding diaryl/α,β-unsaturated/α-hetero) is 1. The smallest absolute Gasteiger partial charge is 0.192 e. The maximum atomic E-state index is 12.2. The minimum atomic E-state index is -0.736. The Balaban J connectivity index is 2.17. The van der Waals surface area contributed by atoms with Crippen LogP contribution in [0.5, 0.6) is 0 Å². The van der Waals surface area contributed by atoms with Gasteiger partial charge >= 0.3 is 0 Å². The molecule has 0 bridgehead atoms. The van der Waals surface area contributed by atoms with Crippen LogP contribution < -0.4 is 0 Å². The van der Waals surface area contributed by atoms with Crippen LogP contribution in [0.3, 0.4) is 0 Å². The Kier molecular flexibility index (Phi) is 3.75. The first-order valence-corrected chi connectivity index (χ1v) is 5.80. The molecule has 0 aliphatic heterocycles. The van der Waals surface area contributed by atoms with E-state index in [1.807, 2.05) is 36.4 Å². The van der Waals surface area contributed by atoms with Gasteiger partial charge in [0.15, 0.2) is 11.6 Å². The van der Waals surface area contributed by atoms with E-state index in [2.05, 4.69) is 0 Å². The molecule has 0 saturated heterocycles. The number of benzene rings is 1. The third-order valence-corrected chi connectivity index (χ3v) is 3.11. The van der Waals surface area contributed by atoms with Crippen molar-refractivity contribution < 1.29 is 14.3 Å². The molecule has 0 heterocycles. The van der Waals surface area contributed by atoms with Gasteiger partial charge in [0.25, 0.3) is 0 Å². The molecule has 0 fully saturated rings. The van der Waals surface area contributed by atoms with E-state index in [9.17, 15) is 4.79 Å². The van der Waals surface area contributed by atoms with Crippen LogP contribution in [0.2, 0.25) is 0 Å². The average molecular weight is 244 g/mol. The summed E-state index contributed by atoms with van der Waals surface area (Å²) in [4.78, 5) is 12.2. The molecule has 0 aromatic heterocycles. The van der Waals surface area contributed by atoms with Gasteiger partial charge in [-0.25, -0.2) is 0 Å². The fourth-order valence-corrected chi connectivity index (χ4v) is 1.92. The van der Waals surface area contributed by atoms with Gasteiger partial charge in [0, 0.05) is 31.8 Å². The number of hydrogen-bond donors (Lipinski definition) is 0. The molecule has 0 saturated carbocycles. The monoisotopic (exact) mass is 244 g/mol. The zero-order valence-electron chi connectivity index (χ0n) is 10.6. The molecule has 0 radical (unpaired) electrons. The molecular weight excluding hydrogens is 228 g/mol. The lowest BCUT2D eigenvalue weighted by atomic mass is 9.95. The highest BCUT2D eigenvalue weighted by atomic mass is 16.7. The number of allylic oxidation sites excluding steroid dienone is 2. The van der Waals surface area contributed by atoms with Gasteiger partial charge in [0.1, 0.15) is 0 Å². The van der Waals surface area contributed by atoms with Crippen molar-refractivity contribution in [2.45, 2.75) is 12.2 Å². The second-order valence-electron chi connectivity index (χ2n) is 4.11. The van der Waals surface area contributed by atoms with Gasteiger partial charge < -0.3 is 9.47 Å². The molecule has 2 rings (SSSR count). The average Bonchev–Trinajstić information content (AvgIpc) is 2.47. The largest absolute Gasteiger partial charge is 0.349 e. The van der Waals surface area contributed by atoms with Gasteiger partial charge in [-0.1, -0.05) is 42.5 Å². The van der Waals surface area contributed by atoms with E-state index in [1.165, 1.54) is 0 Å². The lowest BCUT2D eigenvalue weighted by Crippen LogP contribution is -2.32. The summed E-state index contributed by atoms with van der Waals surface area (Å²) in [5.74, 6) is -0.715. The summed E-state index contributed by atoms with van der Waals surface area (Å²) in [7, 11) is 3.18. The number of methoxy groups -OCH3 is 2. The zero-order valence-corrected chi connectivity index (χ0v) is 10.6. The Hall–Kier alpha value is -1.71. The molecule has 0 unspecified atom stereocenters. The Bertz CT molecular complexity index is 482. The van der Waals surface area contributed by atoms with E-state index in [0.717, 1.165) is 0 Å². The molecule has 1 aliphatic rings. The zero-order chi connectivity index (χ0) is 13.0. The number of rotatable bonds is 4. The summed E-state index contributed by atoms with van der Waals surface area (Å²) in [6.07, 6.45) is 5.92. The van der Waals surface area contributed by atoms with Gasteiger partial charge in [-0.05, 0) is 6.08 Å². The molecule has 0 atom stereocenters. The fraction of sp³-hybridized carbons (Fsp3) is 0.267. The third-order valence-electron chi connectivity index (χ3n) is 3.11. The van der Waals surface area contributed by atoms with Crippen molar-refractivity contribution in [3.05, 3.63) is 59.7 Å². The Morgan fingerprint density at radius 3 is 2.33 bits per heavy atom. The van der Waals surface area contributed by atoms with E-state index < -0.39 is 5.79 Å². The summed E-state index contributed by atoms with van der Waals surface area (Å²) >= 11 is 0. The van der Waals surface area contributed by atoms with Gasteiger partial charge in [-0.3, -0.25) is 4.79 Å². The topological polar surface area (TPSA) is 35.5 Å². The second kappa shape index (κ2) is 5.29. The van der Waals surface area contributed by atoms with Crippen LogP contribution in [0, 0.1) is 0 Å². The van der Waals surface area contributed by atoms with Crippen LogP contribution in [0.25, 0.3) is 0 Å². The molecule has 1 aliphatic carbocycles. The maximum Gasteiger partial charge on any atom is 0.192 e. The van der Waals surface area contributed by atoms with Crippen molar-refractivity contribution in [3.63, 3.8) is 0 Å². The van der Waals surface area contributed by atoms with Gasteiger partial charge in [0.2, 0.25) is 0 Å². The predicted octanol–water partition coefficient (Wildman–Crippen LogP) is 2.74. The highest BCUT2D eigenvalue weighted by Gasteiger charge is 2.28. The normalized spacial score (nSPS) is 17.3. The van der Waals surface area contributed by atoms with E-state index in [4.69, 9.17) is 9.47 Å². The Morgan fingerprint density at radius 2 is 1.83 bits per heavy atom. The molecule has 0 spiro atoms. The second-order valence-corrected chi connectivity index (χ2v) is 4.11. The van der Waals surface area contributed by atoms with Gasteiger partial charge in [-0.2, -0.15) is 0 Å². The molecule has 3 heteroatoms. The summed E-state index contributed by atoms with van der Waals surface area (Å²) < 4.78 is 10.6. The minimum Gasteiger partial charge on any atom is -0.349 e. The van der Waals surface area contributed by atoms with Crippen molar-refractivity contribution >= 4 is 5.78 Å². The molecule has 94 valence electrons. The first-order chi connectivity index (χ1) is 8.71. The minimum absolute atomic E-state index is 0.0210. The summed E-state index contributed by atoms with van der Waals surface area (Å²) in [5.41, 5.74) is 1.36. The SMILES string of the molecule is COC1(OC)C=CC(C(=O)c2ccccc2)=CC1. The van der Waals surface area contributed by atoms with Crippen molar-refractivity contribution in [2.75, 3.05) is 14.2 Å². The number of ketones is 1. The number of carbonyl (C=O) groups is 1. The van der Waals surface area contributed by atoms with E-state index in [1.54, 1.807) is 26.4 Å². The summed E-state index contributed by atoms with van der Waals surface area (Å²) in [5, 5.41) is 0. The number of ether oxygens (including phenoxy) is 2. The number of hydrogen-bond acceptors (Lipinski definition) is 3. The first kappa shape index (κ1) is 12.7. The van der Waals surface area contributed by atoms with E-state index in [-0.39, 0.29) is 5.78 Å². The Morgan fingerprint density at radius 1 is 1.17 bits per heavy atom. The Labute approximate surface area is 107 Å². The quantitative estimate of drug-likeness (QED) is 0.603. The molecule has 0 amide bonds. The molecule has 18 heavy (non-hydrogen) atoms. The molecule has 1 aromatic carbocycles.